The highest BCUT2D eigenvalue weighted by molar-refractivity contribution is 14.1. The predicted octanol–water partition coefficient (Wildman–Crippen LogP) is 29.1. The summed E-state index contributed by atoms with van der Waals surface area (Å²) in [4.78, 5) is 9.27. The van der Waals surface area contributed by atoms with Crippen molar-refractivity contribution in [1.29, 1.82) is 0 Å². The van der Waals surface area contributed by atoms with Crippen molar-refractivity contribution in [2.24, 2.45) is 0 Å². The van der Waals surface area contributed by atoms with E-state index in [0.717, 1.165) is 113 Å². The fourth-order valence-corrected chi connectivity index (χ4v) is 14.3. The van der Waals surface area contributed by atoms with Crippen molar-refractivity contribution in [1.82, 2.24) is 0 Å². The number of benzene rings is 13. The van der Waals surface area contributed by atoms with Crippen molar-refractivity contribution in [2.75, 3.05) is 19.6 Å². The molecule has 12 heteroatoms. The van der Waals surface area contributed by atoms with Gasteiger partial charge in [-0.1, -0.05) is 97.1 Å². The monoisotopic (exact) mass is 2160 g/mol. The molecule has 0 amide bonds. The van der Waals surface area contributed by atoms with Crippen LogP contribution in [0.25, 0.3) is 48.6 Å². The summed E-state index contributed by atoms with van der Waals surface area (Å²) >= 11 is 19.0. The minimum Gasteiger partial charge on any atom is -0.311 e. The van der Waals surface area contributed by atoms with Gasteiger partial charge in [-0.25, -0.2) is 0 Å². The van der Waals surface area contributed by atoms with Gasteiger partial charge in [0.15, 0.2) is 0 Å². The zero-order chi connectivity index (χ0) is 67.5. The van der Waals surface area contributed by atoms with E-state index in [-0.39, 0.29) is 0 Å². The molecule has 0 atom stereocenters. The Labute approximate surface area is 683 Å². The molecule has 0 heterocycles. The summed E-state index contributed by atoms with van der Waals surface area (Å²) in [5.74, 6) is 0. The molecule has 0 saturated heterocycles. The van der Waals surface area contributed by atoms with E-state index in [2.05, 4.69) is 552 Å². The van der Waals surface area contributed by atoms with Crippen LogP contribution in [-0.4, -0.2) is 0 Å². The average Bonchev–Trinajstić information content (AvgIpc) is 0.855. The lowest BCUT2D eigenvalue weighted by atomic mass is 9.95. The highest BCUT2D eigenvalue weighted by Gasteiger charge is 2.18. The van der Waals surface area contributed by atoms with Gasteiger partial charge in [0.2, 0.25) is 0 Å². The molecule has 4 nitrogen and oxygen atoms in total. The summed E-state index contributed by atoms with van der Waals surface area (Å²) in [7, 11) is 0. The van der Waals surface area contributed by atoms with Gasteiger partial charge in [-0.2, -0.15) is 0 Å². The Morgan fingerprint density at radius 3 is 0.378 bits per heavy atom. The van der Waals surface area contributed by atoms with Crippen LogP contribution in [0.5, 0.6) is 0 Å². The van der Waals surface area contributed by atoms with E-state index in [1.165, 1.54) is 28.6 Å². The lowest BCUT2D eigenvalue weighted by Crippen LogP contribution is -2.09. The van der Waals surface area contributed by atoms with Crippen molar-refractivity contribution in [3.05, 3.63) is 376 Å². The maximum absolute atomic E-state index is 2.38. The Morgan fingerprint density at radius 2 is 0.255 bits per heavy atom. The van der Waals surface area contributed by atoms with Crippen LogP contribution < -0.4 is 19.6 Å². The van der Waals surface area contributed by atoms with E-state index in [9.17, 15) is 0 Å². The van der Waals surface area contributed by atoms with E-state index in [1.54, 1.807) is 0 Å². The van der Waals surface area contributed by atoms with Gasteiger partial charge in [0.25, 0.3) is 0 Å². The van der Waals surface area contributed by atoms with Gasteiger partial charge in [-0.05, 0) is 480 Å². The Hall–Kier alpha value is -6.14. The predicted molar refractivity (Wildman–Crippen MR) is 488 cm³/mol. The fourth-order valence-electron chi connectivity index (χ4n) is 11.4. The summed E-state index contributed by atoms with van der Waals surface area (Å²) in [5.41, 5.74) is 21.8. The molecular formula is C86H58I8N4. The van der Waals surface area contributed by atoms with Gasteiger partial charge >= 0.3 is 0 Å². The normalized spacial score (nSPS) is 11.5. The van der Waals surface area contributed by atoms with Crippen molar-refractivity contribution in [3.8, 4) is 0 Å². The highest BCUT2D eigenvalue weighted by atomic mass is 127. The van der Waals surface area contributed by atoms with Crippen LogP contribution in [0, 0.1) is 28.6 Å². The molecule has 0 saturated carbocycles. The average molecular weight is 2160 g/mol. The smallest absolute Gasteiger partial charge is 0.0462 e. The topological polar surface area (TPSA) is 13.0 Å². The van der Waals surface area contributed by atoms with E-state index in [1.807, 2.05) is 0 Å². The summed E-state index contributed by atoms with van der Waals surface area (Å²) in [6.07, 6.45) is 18.0. The number of rotatable bonds is 20. The molecule has 478 valence electrons. The molecule has 13 aromatic rings. The molecule has 0 spiro atoms. The van der Waals surface area contributed by atoms with Crippen LogP contribution in [0.3, 0.4) is 0 Å². The summed E-state index contributed by atoms with van der Waals surface area (Å²) in [6.45, 7) is 0. The molecule has 0 aliphatic heterocycles. The van der Waals surface area contributed by atoms with Crippen LogP contribution in [0.1, 0.15) is 44.5 Å². The van der Waals surface area contributed by atoms with Crippen molar-refractivity contribution >= 4 is 298 Å². The van der Waals surface area contributed by atoms with Gasteiger partial charge < -0.3 is 19.6 Å². The molecule has 0 unspecified atom stereocenters. The molecule has 0 aliphatic carbocycles. The van der Waals surface area contributed by atoms with E-state index in [4.69, 9.17) is 0 Å². The first kappa shape index (κ1) is 70.3. The van der Waals surface area contributed by atoms with Crippen LogP contribution in [0.15, 0.2) is 303 Å². The first-order chi connectivity index (χ1) is 47.8. The third kappa shape index (κ3) is 18.1. The Bertz CT molecular complexity index is 4150. The Morgan fingerprint density at radius 1 is 0.143 bits per heavy atom. The fraction of sp³-hybridized carbons (Fsp3) is 0. The third-order valence-electron chi connectivity index (χ3n) is 16.4. The summed E-state index contributed by atoms with van der Waals surface area (Å²) in [5, 5.41) is 0. The number of nitrogens with zero attached hydrogens (tertiary/aromatic N) is 4. The van der Waals surface area contributed by atoms with Gasteiger partial charge in [0, 0.05) is 96.8 Å². The second-order valence-corrected chi connectivity index (χ2v) is 32.9. The molecule has 0 bridgehead atoms. The molecule has 0 radical (unpaired) electrons. The summed E-state index contributed by atoms with van der Waals surface area (Å²) < 4.78 is 9.57. The quantitative estimate of drug-likeness (QED) is 0.0557. The molecule has 13 aromatic carbocycles. The van der Waals surface area contributed by atoms with E-state index >= 15 is 0 Å². The molecular weight excluding hydrogens is 2100 g/mol. The highest BCUT2D eigenvalue weighted by Crippen LogP contribution is 2.41. The van der Waals surface area contributed by atoms with E-state index in [0.29, 0.717) is 0 Å². The SMILES string of the molecule is Ic1ccc(N(c2ccc(I)cc2)c2ccc(/C=C/c3cc(/C=C/c4ccc(N(c5ccc(I)cc5)c5ccc(I)cc5)cc4)c(/C=C/c4ccc(N(c5ccc(I)cc5)c5ccc(I)cc5)cc4)cc3/C=C/c3ccc(N(c4ccc(I)cc4)c4ccc(I)cc4)cc3)cc2)cc1. The Balaban J connectivity index is 0.900. The zero-order valence-electron chi connectivity index (χ0n) is 52.3. The molecule has 0 aromatic heterocycles. The minimum absolute atomic E-state index is 1.08. The van der Waals surface area contributed by atoms with Crippen molar-refractivity contribution in [3.63, 3.8) is 0 Å². The lowest BCUT2D eigenvalue weighted by molar-refractivity contribution is 1.28. The van der Waals surface area contributed by atoms with Crippen molar-refractivity contribution < 1.29 is 0 Å². The molecule has 0 fully saturated rings. The molecule has 98 heavy (non-hydrogen) atoms. The van der Waals surface area contributed by atoms with Gasteiger partial charge in [-0.3, -0.25) is 0 Å². The number of hydrogen-bond donors (Lipinski definition) is 0. The third-order valence-corrected chi connectivity index (χ3v) is 22.1. The first-order valence-corrected chi connectivity index (χ1v) is 40.0. The second-order valence-electron chi connectivity index (χ2n) is 23.0. The van der Waals surface area contributed by atoms with Crippen LogP contribution >= 0.6 is 181 Å². The minimum atomic E-state index is 1.08. The van der Waals surface area contributed by atoms with Gasteiger partial charge in [0.1, 0.15) is 0 Å². The number of halogens is 8. The zero-order valence-corrected chi connectivity index (χ0v) is 69.6. The van der Waals surface area contributed by atoms with Gasteiger partial charge in [0.05, 0.1) is 0 Å². The van der Waals surface area contributed by atoms with Crippen molar-refractivity contribution in [2.45, 2.75) is 0 Å². The summed E-state index contributed by atoms with van der Waals surface area (Å²) in [6, 6.07) is 110. The number of hydrogen-bond acceptors (Lipinski definition) is 4. The maximum atomic E-state index is 2.38. The van der Waals surface area contributed by atoms with Crippen LogP contribution in [0.4, 0.5) is 68.2 Å². The largest absolute Gasteiger partial charge is 0.311 e. The first-order valence-electron chi connectivity index (χ1n) is 31.3. The molecule has 0 N–H and O–H groups in total. The number of anilines is 12. The second kappa shape index (κ2) is 33.6. The molecule has 13 rings (SSSR count). The lowest BCUT2D eigenvalue weighted by Gasteiger charge is -2.25. The van der Waals surface area contributed by atoms with Crippen LogP contribution in [-0.2, 0) is 0 Å². The molecule has 0 aliphatic rings. The van der Waals surface area contributed by atoms with Crippen LogP contribution in [0.2, 0.25) is 0 Å². The van der Waals surface area contributed by atoms with Gasteiger partial charge in [-0.15, -0.1) is 0 Å². The maximum Gasteiger partial charge on any atom is 0.0462 e. The van der Waals surface area contributed by atoms with E-state index < -0.39 is 0 Å². The standard InChI is InChI=1S/C86H58I8N4/c87-67-17-41-79(42-18-67)95(80-43-19-68(88)20-44-80)75-33-5-59(6-34-75)1-13-63-57-65(15-3-61-9-37-77(38-10-61)97(83-49-25-71(91)26-50-83)84-51-27-72(92)28-52-84)66(16-4-62-11-39-78(40-12-62)98(85-53-29-73(93)30-54-85)86-55-31-74(94)32-56-86)58-64(63)14-2-60-7-35-76(36-8-60)96(81-45-21-69(89)22-46-81)82-47-23-70(90)24-48-82/h1-58H/b13-1+,14-2+,15-3+,16-4+. The Kier molecular flexibility index (Phi) is 24.1.